The van der Waals surface area contributed by atoms with E-state index >= 15 is 18.3 Å². The SMILES string of the molecule is C=C([C@@H](c1ccccc1)P(=O)(c1ccccc1)c1ccccc1)P(=O)(c1ccccc1)c1ccccc1.C=C([C@@H](c1ccccc1)P(=O)(c1ccccc1)c1ccccc1)P(=O)(c1ccccc1)c1ccccc1.O. The zero-order valence-corrected chi connectivity index (χ0v) is 44.9. The lowest BCUT2D eigenvalue weighted by molar-refractivity contribution is 0.579. The number of benzene rings is 10. The second kappa shape index (κ2) is 24.3. The third-order valence-corrected chi connectivity index (χ3v) is 27.0. The van der Waals surface area contributed by atoms with Crippen LogP contribution in [0.3, 0.4) is 0 Å². The Kier molecular flexibility index (Phi) is 17.4. The Labute approximate surface area is 441 Å². The summed E-state index contributed by atoms with van der Waals surface area (Å²) in [5.41, 5.74) is 0.251. The number of hydrogen-bond acceptors (Lipinski definition) is 4. The Morgan fingerprint density at radius 3 is 0.560 bits per heavy atom. The van der Waals surface area contributed by atoms with Gasteiger partial charge in [-0.1, -0.05) is 316 Å². The molecule has 75 heavy (non-hydrogen) atoms. The van der Waals surface area contributed by atoms with Gasteiger partial charge in [-0.25, -0.2) is 0 Å². The summed E-state index contributed by atoms with van der Waals surface area (Å²) in [4.78, 5) is 0. The van der Waals surface area contributed by atoms with Gasteiger partial charge < -0.3 is 23.7 Å². The minimum absolute atomic E-state index is 0. The maximum atomic E-state index is 15.7. The van der Waals surface area contributed by atoms with E-state index in [0.29, 0.717) is 53.1 Å². The topological polar surface area (TPSA) is 99.8 Å². The molecule has 2 N–H and O–H groups in total. The molecule has 0 fully saturated rings. The molecule has 372 valence electrons. The summed E-state index contributed by atoms with van der Waals surface area (Å²) < 4.78 is 62.2. The van der Waals surface area contributed by atoms with Crippen molar-refractivity contribution < 1.29 is 23.7 Å². The average Bonchev–Trinajstić information content (AvgIpc) is 3.50. The van der Waals surface area contributed by atoms with E-state index in [1.54, 1.807) is 0 Å². The molecule has 0 amide bonds. The van der Waals surface area contributed by atoms with Crippen LogP contribution in [0.25, 0.3) is 0 Å². The fourth-order valence-electron chi connectivity index (χ4n) is 9.84. The van der Waals surface area contributed by atoms with Crippen molar-refractivity contribution in [2.75, 3.05) is 0 Å². The Hall–Kier alpha value is -7.44. The molecule has 0 saturated heterocycles. The molecule has 0 aliphatic heterocycles. The van der Waals surface area contributed by atoms with Gasteiger partial charge >= 0.3 is 0 Å². The van der Waals surface area contributed by atoms with Gasteiger partial charge in [0.2, 0.25) is 0 Å². The Morgan fingerprint density at radius 2 is 0.387 bits per heavy atom. The first kappa shape index (κ1) is 53.8. The van der Waals surface area contributed by atoms with Crippen LogP contribution in [0.5, 0.6) is 0 Å². The molecule has 10 aromatic carbocycles. The molecule has 0 spiro atoms. The van der Waals surface area contributed by atoms with Crippen molar-refractivity contribution in [2.24, 2.45) is 0 Å². The monoisotopic (exact) mass is 1050 g/mol. The van der Waals surface area contributed by atoms with Crippen molar-refractivity contribution >= 4 is 71.0 Å². The van der Waals surface area contributed by atoms with E-state index < -0.39 is 39.9 Å². The predicted molar refractivity (Wildman–Crippen MR) is 319 cm³/mol. The highest BCUT2D eigenvalue weighted by atomic mass is 31.2. The summed E-state index contributed by atoms with van der Waals surface area (Å²) in [5.74, 6) is 0. The standard InChI is InChI=1S/2C33H28O2P2.H2O/c2*1-27(36(34,29-19-9-3-10-20-29)30-21-11-4-12-22-30)33(28-17-7-2-8-18-28)37(35,31-23-13-5-14-24-31)32-25-15-6-16-26-32;/h2*2-26,33H,1H2;1H2/t2*33-;/m00./s1. The van der Waals surface area contributed by atoms with Crippen LogP contribution in [-0.4, -0.2) is 5.48 Å². The molecule has 0 heterocycles. The van der Waals surface area contributed by atoms with Crippen LogP contribution in [0, 0.1) is 0 Å². The fraction of sp³-hybridized carbons (Fsp3) is 0.0303. The molecule has 0 saturated carbocycles. The van der Waals surface area contributed by atoms with Crippen LogP contribution in [-0.2, 0) is 18.3 Å². The minimum Gasteiger partial charge on any atom is -0.412 e. The first-order valence-corrected chi connectivity index (χ1v) is 31.4. The molecule has 0 aliphatic rings. The molecule has 0 unspecified atom stereocenters. The van der Waals surface area contributed by atoms with Crippen molar-refractivity contribution in [1.82, 2.24) is 0 Å². The van der Waals surface area contributed by atoms with Crippen molar-refractivity contribution in [3.63, 3.8) is 0 Å². The van der Waals surface area contributed by atoms with Crippen molar-refractivity contribution in [2.45, 2.75) is 11.3 Å². The Morgan fingerprint density at radius 1 is 0.240 bits per heavy atom. The summed E-state index contributed by atoms with van der Waals surface area (Å²) in [7, 11) is -13.7. The first-order valence-electron chi connectivity index (χ1n) is 24.5. The third kappa shape index (κ3) is 10.8. The molecule has 5 nitrogen and oxygen atoms in total. The van der Waals surface area contributed by atoms with Crippen molar-refractivity contribution in [1.29, 1.82) is 0 Å². The maximum Gasteiger partial charge on any atom is 0.167 e. The third-order valence-electron chi connectivity index (χ3n) is 13.4. The maximum absolute atomic E-state index is 15.7. The van der Waals surface area contributed by atoms with Crippen LogP contribution in [0.4, 0.5) is 0 Å². The highest BCUT2D eigenvalue weighted by Gasteiger charge is 2.47. The van der Waals surface area contributed by atoms with E-state index in [1.165, 1.54) is 0 Å². The Balaban J connectivity index is 0.000000197. The van der Waals surface area contributed by atoms with E-state index in [-0.39, 0.29) is 5.48 Å². The van der Waals surface area contributed by atoms with Gasteiger partial charge in [-0.05, 0) is 11.1 Å². The largest absolute Gasteiger partial charge is 0.412 e. The van der Waals surface area contributed by atoms with Crippen molar-refractivity contribution in [3.05, 3.63) is 338 Å². The molecule has 2 atom stereocenters. The summed E-state index contributed by atoms with van der Waals surface area (Å²) in [5, 5.41) is 6.50. The molecule has 0 bridgehead atoms. The van der Waals surface area contributed by atoms with Gasteiger partial charge in [-0.3, -0.25) is 0 Å². The normalized spacial score (nSPS) is 12.4. The van der Waals surface area contributed by atoms with Gasteiger partial charge in [0.15, 0.2) is 28.6 Å². The lowest BCUT2D eigenvalue weighted by Crippen LogP contribution is -2.26. The summed E-state index contributed by atoms with van der Waals surface area (Å²) >= 11 is 0. The Bertz CT molecular complexity index is 3210. The average molecular weight is 1060 g/mol. The van der Waals surface area contributed by atoms with Crippen LogP contribution in [0.1, 0.15) is 22.4 Å². The highest BCUT2D eigenvalue weighted by molar-refractivity contribution is 7.86. The van der Waals surface area contributed by atoms with Crippen LogP contribution < -0.4 is 42.4 Å². The van der Waals surface area contributed by atoms with Crippen LogP contribution >= 0.6 is 28.6 Å². The van der Waals surface area contributed by atoms with E-state index in [0.717, 1.165) is 11.1 Å². The number of hydrogen-bond donors (Lipinski definition) is 0. The van der Waals surface area contributed by atoms with Crippen LogP contribution in [0.2, 0.25) is 0 Å². The summed E-state index contributed by atoms with van der Waals surface area (Å²) in [6, 6.07) is 95.6. The van der Waals surface area contributed by atoms with Gasteiger partial charge in [0.05, 0.1) is 11.3 Å². The minimum atomic E-state index is -3.44. The number of rotatable bonds is 16. The van der Waals surface area contributed by atoms with Crippen LogP contribution in [0.15, 0.2) is 327 Å². The first-order chi connectivity index (χ1) is 36.1. The quantitative estimate of drug-likeness (QED) is 0.0900. The molecule has 10 rings (SSSR count). The van der Waals surface area contributed by atoms with Gasteiger partial charge in [0.25, 0.3) is 0 Å². The zero-order chi connectivity index (χ0) is 51.4. The van der Waals surface area contributed by atoms with E-state index in [1.807, 2.05) is 303 Å². The summed E-state index contributed by atoms with van der Waals surface area (Å²) in [6.07, 6.45) is 0. The van der Waals surface area contributed by atoms with Gasteiger partial charge in [0.1, 0.15) is 0 Å². The number of allylic oxidation sites excluding steroid dienone is 2. The molecule has 9 heteroatoms. The smallest absolute Gasteiger partial charge is 0.167 e. The second-order valence-electron chi connectivity index (χ2n) is 17.8. The molecular weight excluding hydrogens is 997 g/mol. The predicted octanol–water partition coefficient (Wildman–Crippen LogP) is 13.7. The van der Waals surface area contributed by atoms with E-state index in [2.05, 4.69) is 13.2 Å². The molecular formula is C66H58O5P4. The highest BCUT2D eigenvalue weighted by Crippen LogP contribution is 2.70. The molecule has 0 aliphatic carbocycles. The lowest BCUT2D eigenvalue weighted by Gasteiger charge is -2.34. The molecule has 0 radical (unpaired) electrons. The van der Waals surface area contributed by atoms with Gasteiger partial charge in [0, 0.05) is 53.1 Å². The van der Waals surface area contributed by atoms with E-state index in [4.69, 9.17) is 0 Å². The van der Waals surface area contributed by atoms with Gasteiger partial charge in [-0.2, -0.15) is 0 Å². The molecule has 10 aromatic rings. The summed E-state index contributed by atoms with van der Waals surface area (Å²) in [6.45, 7) is 9.08. The second-order valence-corrected chi connectivity index (χ2v) is 29.2. The zero-order valence-electron chi connectivity index (χ0n) is 41.4. The fourth-order valence-corrected chi connectivity index (χ4v) is 23.3. The lowest BCUT2D eigenvalue weighted by atomic mass is 10.1. The van der Waals surface area contributed by atoms with Crippen molar-refractivity contribution in [3.8, 4) is 0 Å². The molecule has 0 aromatic heterocycles. The van der Waals surface area contributed by atoms with E-state index in [9.17, 15) is 0 Å². The van der Waals surface area contributed by atoms with Gasteiger partial charge in [-0.15, -0.1) is 0 Å².